The minimum absolute atomic E-state index is 0.202. The summed E-state index contributed by atoms with van der Waals surface area (Å²) in [4.78, 5) is 27.9. The molecule has 1 rings (SSSR count). The summed E-state index contributed by atoms with van der Waals surface area (Å²) in [5.74, 6) is 0.202. The predicted octanol–water partition coefficient (Wildman–Crippen LogP) is 0.281. The fraction of sp³-hybridized carbons (Fsp3) is 0.692. The number of aromatic nitrogens is 2. The van der Waals surface area contributed by atoms with Gasteiger partial charge in [-0.25, -0.2) is 4.79 Å². The molecule has 0 aliphatic heterocycles. The molecule has 7 heteroatoms. The highest BCUT2D eigenvalue weighted by atomic mass is 16.2. The molecule has 114 valence electrons. The summed E-state index contributed by atoms with van der Waals surface area (Å²) in [7, 11) is 2.01. The van der Waals surface area contributed by atoms with E-state index in [1.165, 1.54) is 4.57 Å². The first-order chi connectivity index (χ1) is 9.38. The molecule has 0 atom stereocenters. The third-order valence-corrected chi connectivity index (χ3v) is 3.33. The van der Waals surface area contributed by atoms with Gasteiger partial charge >= 0.3 is 5.69 Å². The summed E-state index contributed by atoms with van der Waals surface area (Å²) in [6.07, 6.45) is 0.770. The molecule has 0 unspecified atom stereocenters. The topological polar surface area (TPSA) is 96.2 Å². The molecule has 0 saturated carbocycles. The average Bonchev–Trinajstić information content (AvgIpc) is 2.37. The molecular formula is C13H25N5O2. The van der Waals surface area contributed by atoms with Gasteiger partial charge in [0.2, 0.25) is 0 Å². The standard InChI is InChI=1S/C13H25N5O2/c1-5-7-18-11(14)10(12(19)16-13(18)20)15-6-8-17(4)9(2)3/h9,15H,5-8,14H2,1-4H3,(H,16,19,20). The van der Waals surface area contributed by atoms with Crippen LogP contribution in [0.5, 0.6) is 0 Å². The molecule has 0 saturated heterocycles. The van der Waals surface area contributed by atoms with E-state index in [1.807, 2.05) is 14.0 Å². The highest BCUT2D eigenvalue weighted by Crippen LogP contribution is 2.10. The first-order valence-corrected chi connectivity index (χ1v) is 6.95. The second-order valence-corrected chi connectivity index (χ2v) is 5.17. The van der Waals surface area contributed by atoms with E-state index in [1.54, 1.807) is 0 Å². The van der Waals surface area contributed by atoms with Crippen molar-refractivity contribution in [2.24, 2.45) is 0 Å². The van der Waals surface area contributed by atoms with E-state index >= 15 is 0 Å². The zero-order valence-electron chi connectivity index (χ0n) is 12.7. The van der Waals surface area contributed by atoms with Crippen molar-refractivity contribution in [3.8, 4) is 0 Å². The van der Waals surface area contributed by atoms with Gasteiger partial charge in [-0.05, 0) is 27.3 Å². The van der Waals surface area contributed by atoms with Crippen LogP contribution in [-0.4, -0.2) is 40.6 Å². The maximum Gasteiger partial charge on any atom is 0.330 e. The Morgan fingerprint density at radius 1 is 1.40 bits per heavy atom. The molecule has 0 aliphatic carbocycles. The van der Waals surface area contributed by atoms with Gasteiger partial charge in [0, 0.05) is 25.7 Å². The average molecular weight is 283 g/mol. The first kappa shape index (κ1) is 16.3. The van der Waals surface area contributed by atoms with Gasteiger partial charge in [-0.1, -0.05) is 6.92 Å². The Morgan fingerprint density at radius 2 is 2.05 bits per heavy atom. The minimum Gasteiger partial charge on any atom is -0.383 e. The lowest BCUT2D eigenvalue weighted by atomic mass is 10.3. The molecule has 1 aromatic heterocycles. The van der Waals surface area contributed by atoms with E-state index in [2.05, 4.69) is 29.0 Å². The molecule has 7 nitrogen and oxygen atoms in total. The summed E-state index contributed by atoms with van der Waals surface area (Å²) in [6.45, 7) is 8.00. The van der Waals surface area contributed by atoms with Crippen LogP contribution in [0.4, 0.5) is 11.5 Å². The molecule has 0 fully saturated rings. The van der Waals surface area contributed by atoms with E-state index in [4.69, 9.17) is 5.73 Å². The van der Waals surface area contributed by atoms with Gasteiger partial charge in [0.1, 0.15) is 11.5 Å². The van der Waals surface area contributed by atoms with Crippen LogP contribution in [0.2, 0.25) is 0 Å². The molecule has 0 amide bonds. The summed E-state index contributed by atoms with van der Waals surface area (Å²) in [5.41, 5.74) is 5.26. The lowest BCUT2D eigenvalue weighted by Crippen LogP contribution is -2.36. The van der Waals surface area contributed by atoms with Crippen molar-refractivity contribution in [1.29, 1.82) is 0 Å². The monoisotopic (exact) mass is 283 g/mol. The molecule has 1 aromatic rings. The molecule has 0 radical (unpaired) electrons. The van der Waals surface area contributed by atoms with Gasteiger partial charge < -0.3 is 16.0 Å². The quantitative estimate of drug-likeness (QED) is 0.668. The van der Waals surface area contributed by atoms with Crippen molar-refractivity contribution in [2.75, 3.05) is 31.2 Å². The third kappa shape index (κ3) is 3.86. The van der Waals surface area contributed by atoms with Gasteiger partial charge in [-0.15, -0.1) is 0 Å². The van der Waals surface area contributed by atoms with Crippen molar-refractivity contribution < 1.29 is 0 Å². The molecule has 20 heavy (non-hydrogen) atoms. The van der Waals surface area contributed by atoms with Gasteiger partial charge in [0.05, 0.1) is 0 Å². The van der Waals surface area contributed by atoms with Crippen molar-refractivity contribution in [2.45, 2.75) is 39.8 Å². The number of anilines is 2. The van der Waals surface area contributed by atoms with E-state index in [0.29, 0.717) is 19.1 Å². The molecule has 4 N–H and O–H groups in total. The van der Waals surface area contributed by atoms with Gasteiger partial charge in [0.25, 0.3) is 5.56 Å². The van der Waals surface area contributed by atoms with Crippen molar-refractivity contribution in [3.05, 3.63) is 20.8 Å². The number of likely N-dealkylation sites (N-methyl/N-ethyl adjacent to an activating group) is 1. The summed E-state index contributed by atoms with van der Waals surface area (Å²) in [6, 6.07) is 0.432. The Morgan fingerprint density at radius 3 is 2.60 bits per heavy atom. The minimum atomic E-state index is -0.466. The molecular weight excluding hydrogens is 258 g/mol. The Balaban J connectivity index is 2.87. The number of nitrogen functional groups attached to an aromatic ring is 1. The molecule has 0 aromatic carbocycles. The first-order valence-electron chi connectivity index (χ1n) is 6.95. The molecule has 0 spiro atoms. The second-order valence-electron chi connectivity index (χ2n) is 5.17. The van der Waals surface area contributed by atoms with Crippen LogP contribution in [0.15, 0.2) is 9.59 Å². The Bertz CT molecular complexity index is 547. The summed E-state index contributed by atoms with van der Waals surface area (Å²) >= 11 is 0. The number of H-pyrrole nitrogens is 1. The maximum absolute atomic E-state index is 11.8. The lowest BCUT2D eigenvalue weighted by molar-refractivity contribution is 0.284. The third-order valence-electron chi connectivity index (χ3n) is 3.33. The molecule has 0 bridgehead atoms. The zero-order valence-corrected chi connectivity index (χ0v) is 12.7. The van der Waals surface area contributed by atoms with E-state index in [9.17, 15) is 9.59 Å². The number of rotatable bonds is 7. The van der Waals surface area contributed by atoms with Crippen LogP contribution in [0, 0.1) is 0 Å². The van der Waals surface area contributed by atoms with Crippen LogP contribution < -0.4 is 22.3 Å². The van der Waals surface area contributed by atoms with Gasteiger partial charge in [0.15, 0.2) is 0 Å². The number of hydrogen-bond donors (Lipinski definition) is 3. The van der Waals surface area contributed by atoms with Crippen LogP contribution in [-0.2, 0) is 6.54 Å². The van der Waals surface area contributed by atoms with Crippen molar-refractivity contribution in [3.63, 3.8) is 0 Å². The van der Waals surface area contributed by atoms with Crippen LogP contribution >= 0.6 is 0 Å². The lowest BCUT2D eigenvalue weighted by Gasteiger charge is -2.21. The number of nitrogens with zero attached hydrogens (tertiary/aromatic N) is 2. The van der Waals surface area contributed by atoms with E-state index in [0.717, 1.165) is 13.0 Å². The zero-order chi connectivity index (χ0) is 15.3. The van der Waals surface area contributed by atoms with E-state index in [-0.39, 0.29) is 11.5 Å². The number of hydrogen-bond acceptors (Lipinski definition) is 5. The Kier molecular flexibility index (Phi) is 5.82. The number of aromatic amines is 1. The highest BCUT2D eigenvalue weighted by molar-refractivity contribution is 5.60. The Labute approximate surface area is 118 Å². The van der Waals surface area contributed by atoms with Crippen molar-refractivity contribution >= 4 is 11.5 Å². The Hall–Kier alpha value is -1.76. The summed E-state index contributed by atoms with van der Waals surface area (Å²) < 4.78 is 1.38. The fourth-order valence-corrected chi connectivity index (χ4v) is 1.82. The number of nitrogens with two attached hydrogens (primary N) is 1. The maximum atomic E-state index is 11.8. The largest absolute Gasteiger partial charge is 0.383 e. The van der Waals surface area contributed by atoms with Crippen LogP contribution in [0.25, 0.3) is 0 Å². The second kappa shape index (κ2) is 7.14. The number of nitrogens with one attached hydrogen (secondary N) is 2. The van der Waals surface area contributed by atoms with E-state index < -0.39 is 11.2 Å². The SMILES string of the molecule is CCCn1c(N)c(NCCN(C)C(C)C)c(=O)[nH]c1=O. The molecule has 0 aliphatic rings. The normalized spacial score (nSPS) is 11.3. The van der Waals surface area contributed by atoms with Crippen molar-refractivity contribution in [1.82, 2.24) is 14.5 Å². The highest BCUT2D eigenvalue weighted by Gasteiger charge is 2.11. The fourth-order valence-electron chi connectivity index (χ4n) is 1.82. The van der Waals surface area contributed by atoms with Crippen LogP contribution in [0.3, 0.4) is 0 Å². The predicted molar refractivity (Wildman–Crippen MR) is 82.3 cm³/mol. The summed E-state index contributed by atoms with van der Waals surface area (Å²) in [5, 5.41) is 3.02. The van der Waals surface area contributed by atoms with Gasteiger partial charge in [-0.3, -0.25) is 14.3 Å². The molecule has 1 heterocycles. The van der Waals surface area contributed by atoms with Gasteiger partial charge in [-0.2, -0.15) is 0 Å². The smallest absolute Gasteiger partial charge is 0.330 e. The van der Waals surface area contributed by atoms with Crippen LogP contribution in [0.1, 0.15) is 27.2 Å².